The van der Waals surface area contributed by atoms with E-state index < -0.39 is 0 Å². The summed E-state index contributed by atoms with van der Waals surface area (Å²) in [5.41, 5.74) is 0. The molecule has 1 saturated heterocycles. The molecule has 1 aliphatic rings. The molecule has 0 amide bonds. The molecule has 1 aliphatic heterocycles. The molecule has 1 aromatic heterocycles. The van der Waals surface area contributed by atoms with E-state index in [0.717, 1.165) is 13.2 Å². The fraction of sp³-hybridized carbons (Fsp3) is 0.429. The highest BCUT2D eigenvalue weighted by molar-refractivity contribution is 4.93. The van der Waals surface area contributed by atoms with E-state index in [1.165, 1.54) is 0 Å². The Morgan fingerprint density at radius 3 is 2.91 bits per heavy atom. The third kappa shape index (κ3) is 1.36. The van der Waals surface area contributed by atoms with Crippen LogP contribution in [0.4, 0.5) is 0 Å². The minimum absolute atomic E-state index is 0.101. The van der Waals surface area contributed by atoms with Crippen molar-refractivity contribution < 1.29 is 4.74 Å². The molecule has 2 rings (SSSR count). The zero-order valence-electron chi connectivity index (χ0n) is 6.03. The maximum Gasteiger partial charge on any atom is 0.172 e. The summed E-state index contributed by atoms with van der Waals surface area (Å²) in [6.45, 7) is 1.62. The van der Waals surface area contributed by atoms with Crippen LogP contribution in [0.5, 0.6) is 0 Å². The Hall–Kier alpha value is -1.00. The van der Waals surface area contributed by atoms with Crippen LogP contribution in [0.2, 0.25) is 0 Å². The van der Waals surface area contributed by atoms with Crippen LogP contribution in [0.3, 0.4) is 0 Å². The molecule has 1 fully saturated rings. The normalized spacial score (nSPS) is 23.8. The molecule has 58 valence electrons. The predicted octanol–water partition coefficient (Wildman–Crippen LogP) is 0.0950. The molecule has 1 unspecified atom stereocenters. The van der Waals surface area contributed by atoms with E-state index in [2.05, 4.69) is 15.3 Å². The van der Waals surface area contributed by atoms with Crippen molar-refractivity contribution in [2.75, 3.05) is 13.2 Å². The summed E-state index contributed by atoms with van der Waals surface area (Å²) in [4.78, 5) is 8.12. The molecule has 11 heavy (non-hydrogen) atoms. The lowest BCUT2D eigenvalue weighted by Crippen LogP contribution is -2.16. The van der Waals surface area contributed by atoms with Gasteiger partial charge >= 0.3 is 0 Å². The highest BCUT2D eigenvalue weighted by Gasteiger charge is 2.18. The molecule has 4 heteroatoms. The van der Waals surface area contributed by atoms with Crippen molar-refractivity contribution >= 4 is 0 Å². The van der Waals surface area contributed by atoms with Gasteiger partial charge in [-0.05, 0) is 6.07 Å². The molecule has 0 aromatic carbocycles. The van der Waals surface area contributed by atoms with Crippen LogP contribution < -0.4 is 5.32 Å². The van der Waals surface area contributed by atoms with Crippen LogP contribution in [0, 0.1) is 0 Å². The SMILES string of the molecule is c1cnc(C2NCCO2)nc1. The smallest absolute Gasteiger partial charge is 0.172 e. The molecule has 0 bridgehead atoms. The summed E-state index contributed by atoms with van der Waals surface area (Å²) < 4.78 is 5.30. The van der Waals surface area contributed by atoms with Crippen molar-refractivity contribution in [3.8, 4) is 0 Å². The van der Waals surface area contributed by atoms with Gasteiger partial charge in [0, 0.05) is 18.9 Å². The largest absolute Gasteiger partial charge is 0.354 e. The van der Waals surface area contributed by atoms with Crippen molar-refractivity contribution in [2.24, 2.45) is 0 Å². The first kappa shape index (κ1) is 6.69. The molecule has 0 spiro atoms. The average Bonchev–Trinajstić information content (AvgIpc) is 2.58. The number of rotatable bonds is 1. The van der Waals surface area contributed by atoms with Crippen LogP contribution in [0.1, 0.15) is 12.1 Å². The summed E-state index contributed by atoms with van der Waals surface area (Å²) in [5.74, 6) is 0.713. The predicted molar refractivity (Wildman–Crippen MR) is 38.7 cm³/mol. The average molecular weight is 151 g/mol. The van der Waals surface area contributed by atoms with Gasteiger partial charge in [-0.25, -0.2) is 9.97 Å². The number of aromatic nitrogens is 2. The first-order chi connectivity index (χ1) is 5.47. The minimum atomic E-state index is -0.101. The first-order valence-electron chi connectivity index (χ1n) is 3.59. The fourth-order valence-electron chi connectivity index (χ4n) is 1.04. The van der Waals surface area contributed by atoms with Crippen LogP contribution in [0.25, 0.3) is 0 Å². The molecular weight excluding hydrogens is 142 g/mol. The van der Waals surface area contributed by atoms with Gasteiger partial charge in [0.15, 0.2) is 12.1 Å². The number of ether oxygens (including phenoxy) is 1. The van der Waals surface area contributed by atoms with Crippen molar-refractivity contribution in [3.63, 3.8) is 0 Å². The molecule has 2 heterocycles. The van der Waals surface area contributed by atoms with Crippen LogP contribution >= 0.6 is 0 Å². The molecular formula is C7H9N3O. The Labute approximate surface area is 64.6 Å². The second-order valence-corrected chi connectivity index (χ2v) is 2.31. The summed E-state index contributed by atoms with van der Waals surface area (Å²) >= 11 is 0. The van der Waals surface area contributed by atoms with Gasteiger partial charge in [-0.1, -0.05) is 0 Å². The Morgan fingerprint density at radius 2 is 2.27 bits per heavy atom. The lowest BCUT2D eigenvalue weighted by molar-refractivity contribution is 0.0947. The Morgan fingerprint density at radius 1 is 1.45 bits per heavy atom. The summed E-state index contributed by atoms with van der Waals surface area (Å²) in [7, 11) is 0. The van der Waals surface area contributed by atoms with Gasteiger partial charge in [0.1, 0.15) is 0 Å². The van der Waals surface area contributed by atoms with Crippen molar-refractivity contribution in [3.05, 3.63) is 24.3 Å². The molecule has 1 N–H and O–H groups in total. The quantitative estimate of drug-likeness (QED) is 0.618. The molecule has 4 nitrogen and oxygen atoms in total. The van der Waals surface area contributed by atoms with E-state index in [-0.39, 0.29) is 6.23 Å². The third-order valence-corrected chi connectivity index (χ3v) is 1.54. The van der Waals surface area contributed by atoms with Crippen LogP contribution in [-0.4, -0.2) is 23.1 Å². The maximum absolute atomic E-state index is 5.30. The van der Waals surface area contributed by atoms with E-state index in [0.29, 0.717) is 5.82 Å². The molecule has 0 saturated carbocycles. The maximum atomic E-state index is 5.30. The van der Waals surface area contributed by atoms with Gasteiger partial charge in [-0.3, -0.25) is 5.32 Å². The second kappa shape index (κ2) is 2.94. The van der Waals surface area contributed by atoms with Gasteiger partial charge < -0.3 is 4.74 Å². The van der Waals surface area contributed by atoms with Crippen molar-refractivity contribution in [1.82, 2.24) is 15.3 Å². The zero-order chi connectivity index (χ0) is 7.52. The van der Waals surface area contributed by atoms with Crippen LogP contribution in [0.15, 0.2) is 18.5 Å². The molecule has 1 aromatic rings. The zero-order valence-corrected chi connectivity index (χ0v) is 6.03. The van der Waals surface area contributed by atoms with Gasteiger partial charge in [0.25, 0.3) is 0 Å². The van der Waals surface area contributed by atoms with E-state index in [1.54, 1.807) is 18.5 Å². The monoisotopic (exact) mass is 151 g/mol. The van der Waals surface area contributed by atoms with Gasteiger partial charge in [0.2, 0.25) is 0 Å². The summed E-state index contributed by atoms with van der Waals surface area (Å²) in [6.07, 6.45) is 3.33. The van der Waals surface area contributed by atoms with E-state index >= 15 is 0 Å². The highest BCUT2D eigenvalue weighted by atomic mass is 16.5. The van der Waals surface area contributed by atoms with E-state index in [4.69, 9.17) is 4.74 Å². The molecule has 0 radical (unpaired) electrons. The number of hydrogen-bond donors (Lipinski definition) is 1. The second-order valence-electron chi connectivity index (χ2n) is 2.31. The Balaban J connectivity index is 2.16. The highest BCUT2D eigenvalue weighted by Crippen LogP contribution is 2.11. The number of nitrogens with zero attached hydrogens (tertiary/aromatic N) is 2. The summed E-state index contributed by atoms with van der Waals surface area (Å²) in [5, 5.41) is 3.13. The van der Waals surface area contributed by atoms with Gasteiger partial charge in [0.05, 0.1) is 6.61 Å². The lowest BCUT2D eigenvalue weighted by Gasteiger charge is -2.05. The lowest BCUT2D eigenvalue weighted by atomic mass is 10.5. The molecule has 1 atom stereocenters. The number of nitrogens with one attached hydrogen (secondary N) is 1. The Kier molecular flexibility index (Phi) is 1.79. The topological polar surface area (TPSA) is 47.0 Å². The fourth-order valence-corrected chi connectivity index (χ4v) is 1.04. The third-order valence-electron chi connectivity index (χ3n) is 1.54. The first-order valence-corrected chi connectivity index (χ1v) is 3.59. The molecule has 0 aliphatic carbocycles. The number of hydrogen-bond acceptors (Lipinski definition) is 4. The Bertz CT molecular complexity index is 220. The van der Waals surface area contributed by atoms with Crippen molar-refractivity contribution in [2.45, 2.75) is 6.23 Å². The summed E-state index contributed by atoms with van der Waals surface area (Å²) in [6, 6.07) is 1.79. The minimum Gasteiger partial charge on any atom is -0.354 e. The van der Waals surface area contributed by atoms with Gasteiger partial charge in [-0.15, -0.1) is 0 Å². The van der Waals surface area contributed by atoms with E-state index in [9.17, 15) is 0 Å². The standard InChI is InChI=1S/C7H9N3O/c1-2-8-6(9-3-1)7-10-4-5-11-7/h1-3,7,10H,4-5H2. The van der Waals surface area contributed by atoms with E-state index in [1.807, 2.05) is 0 Å². The van der Waals surface area contributed by atoms with Crippen molar-refractivity contribution in [1.29, 1.82) is 0 Å². The van der Waals surface area contributed by atoms with Gasteiger partial charge in [-0.2, -0.15) is 0 Å². The van der Waals surface area contributed by atoms with Crippen LogP contribution in [-0.2, 0) is 4.74 Å².